The van der Waals surface area contributed by atoms with Crippen molar-refractivity contribution in [2.75, 3.05) is 19.0 Å². The molecule has 0 aromatic carbocycles. The Morgan fingerprint density at radius 1 is 0.603 bits per heavy atom. The molecule has 1 saturated heterocycles. The lowest BCUT2D eigenvalue weighted by molar-refractivity contribution is -0.297. The Labute approximate surface area is 349 Å². The third-order valence-corrected chi connectivity index (χ3v) is 10.4. The van der Waals surface area contributed by atoms with Crippen LogP contribution in [0.25, 0.3) is 0 Å². The van der Waals surface area contributed by atoms with E-state index in [1.165, 1.54) is 57.8 Å². The fraction of sp³-hybridized carbons (Fsp3) is 0.733. The van der Waals surface area contributed by atoms with Crippen LogP contribution in [0, 0.1) is 0 Å². The molecule has 0 radical (unpaired) electrons. The van der Waals surface area contributed by atoms with E-state index in [1.54, 1.807) is 0 Å². The first-order valence-electron chi connectivity index (χ1n) is 21.8. The standard InChI is InChI=1S/C45H76O12S/c1-3-5-7-9-11-13-15-17-18-19-20-22-23-25-27-29-31-33-40(46)54-35-38(36-55-45-44(50)43(49)42(48)39(57-45)37-58(51,52)53)56-41(47)34-32-30-28-26-24-21-16-14-12-10-8-6-4-2/h5,7,11,13,17-18,20,22,25,27,38-39,42-45,48-50H,3-4,6,8-10,12,14-16,19,21,23-24,26,28-37H2,1-2H3,(H,51,52,53)/t38-,39-,42-,43+,44-,45+/m1/s1. The summed E-state index contributed by atoms with van der Waals surface area (Å²) in [7, 11) is -4.61. The molecule has 0 unspecified atom stereocenters. The SMILES string of the molecule is CCC=CCC=CCC=CCC=CCC=CCCCC(=O)OC[C@H](CO[C@H]1O[C@H](CS(=O)(=O)O)[C@@H](O)[C@H](O)[C@H]1O)OC(=O)CCCCCCCCCCCCCCC. The molecular formula is C45H76O12S. The van der Waals surface area contributed by atoms with Gasteiger partial charge < -0.3 is 34.3 Å². The number of unbranched alkanes of at least 4 members (excludes halogenated alkanes) is 13. The van der Waals surface area contributed by atoms with Crippen molar-refractivity contribution in [3.8, 4) is 0 Å². The van der Waals surface area contributed by atoms with Gasteiger partial charge in [0.1, 0.15) is 36.8 Å². The van der Waals surface area contributed by atoms with Crippen molar-refractivity contribution in [3.05, 3.63) is 60.8 Å². The van der Waals surface area contributed by atoms with E-state index in [0.717, 1.165) is 51.4 Å². The number of carbonyl (C=O) groups excluding carboxylic acids is 2. The average Bonchev–Trinajstić information content (AvgIpc) is 3.18. The fourth-order valence-electron chi connectivity index (χ4n) is 6.24. The highest BCUT2D eigenvalue weighted by Crippen LogP contribution is 2.24. The van der Waals surface area contributed by atoms with Crippen LogP contribution in [0.2, 0.25) is 0 Å². The van der Waals surface area contributed by atoms with Crippen LogP contribution < -0.4 is 0 Å². The molecule has 0 amide bonds. The summed E-state index contributed by atoms with van der Waals surface area (Å²) >= 11 is 0. The normalized spacial score (nSPS) is 21.0. The summed E-state index contributed by atoms with van der Waals surface area (Å²) in [6.07, 6.45) is 32.7. The van der Waals surface area contributed by atoms with E-state index in [0.29, 0.717) is 19.3 Å². The maximum Gasteiger partial charge on any atom is 0.306 e. The highest BCUT2D eigenvalue weighted by atomic mass is 32.2. The first-order valence-corrected chi connectivity index (χ1v) is 23.5. The van der Waals surface area contributed by atoms with Crippen molar-refractivity contribution in [1.29, 1.82) is 0 Å². The molecule has 0 saturated carbocycles. The number of hydrogen-bond donors (Lipinski definition) is 4. The van der Waals surface area contributed by atoms with Crippen LogP contribution in [0.4, 0.5) is 0 Å². The first kappa shape index (κ1) is 53.4. The Bertz CT molecular complexity index is 1310. The van der Waals surface area contributed by atoms with Gasteiger partial charge in [-0.2, -0.15) is 8.42 Å². The molecule has 0 bridgehead atoms. The van der Waals surface area contributed by atoms with Gasteiger partial charge in [0.05, 0.1) is 6.61 Å². The summed E-state index contributed by atoms with van der Waals surface area (Å²) < 4.78 is 53.9. The Hall–Kier alpha value is -2.65. The van der Waals surface area contributed by atoms with Crippen LogP contribution in [0.15, 0.2) is 60.8 Å². The van der Waals surface area contributed by atoms with Gasteiger partial charge in [-0.15, -0.1) is 0 Å². The lowest BCUT2D eigenvalue weighted by atomic mass is 10.00. The third-order valence-electron chi connectivity index (χ3n) is 9.61. The second-order valence-electron chi connectivity index (χ2n) is 15.0. The van der Waals surface area contributed by atoms with E-state index in [2.05, 4.69) is 62.5 Å². The zero-order valence-corrected chi connectivity index (χ0v) is 36.2. The molecule has 0 aromatic rings. The van der Waals surface area contributed by atoms with Gasteiger partial charge in [0.25, 0.3) is 10.1 Å². The van der Waals surface area contributed by atoms with Crippen LogP contribution in [-0.2, 0) is 38.7 Å². The molecule has 0 aromatic heterocycles. The summed E-state index contributed by atoms with van der Waals surface area (Å²) in [5, 5.41) is 30.8. The van der Waals surface area contributed by atoms with Crippen molar-refractivity contribution in [2.24, 2.45) is 0 Å². The van der Waals surface area contributed by atoms with Crippen molar-refractivity contribution in [1.82, 2.24) is 0 Å². The van der Waals surface area contributed by atoms with E-state index in [1.807, 2.05) is 12.2 Å². The number of aliphatic hydroxyl groups is 3. The van der Waals surface area contributed by atoms with E-state index >= 15 is 0 Å². The number of allylic oxidation sites excluding steroid dienone is 10. The van der Waals surface area contributed by atoms with Crippen LogP contribution >= 0.6 is 0 Å². The van der Waals surface area contributed by atoms with Crippen molar-refractivity contribution in [3.63, 3.8) is 0 Å². The quantitative estimate of drug-likeness (QED) is 0.0207. The zero-order chi connectivity index (χ0) is 42.7. The van der Waals surface area contributed by atoms with Gasteiger partial charge in [0.2, 0.25) is 0 Å². The van der Waals surface area contributed by atoms with Crippen LogP contribution in [0.3, 0.4) is 0 Å². The van der Waals surface area contributed by atoms with E-state index < -0.39 is 71.2 Å². The maximum absolute atomic E-state index is 12.8. The molecule has 58 heavy (non-hydrogen) atoms. The molecular weight excluding hydrogens is 765 g/mol. The van der Waals surface area contributed by atoms with Gasteiger partial charge in [-0.25, -0.2) is 0 Å². The predicted octanol–water partition coefficient (Wildman–Crippen LogP) is 8.56. The largest absolute Gasteiger partial charge is 0.462 e. The number of esters is 2. The zero-order valence-electron chi connectivity index (χ0n) is 35.4. The Morgan fingerprint density at radius 3 is 1.60 bits per heavy atom. The van der Waals surface area contributed by atoms with Crippen LogP contribution in [-0.4, -0.2) is 96.0 Å². The Balaban J connectivity index is 2.51. The van der Waals surface area contributed by atoms with E-state index in [9.17, 15) is 37.9 Å². The minimum atomic E-state index is -4.61. The molecule has 0 aliphatic carbocycles. The van der Waals surface area contributed by atoms with Crippen molar-refractivity contribution >= 4 is 22.1 Å². The molecule has 1 aliphatic heterocycles. The summed E-state index contributed by atoms with van der Waals surface area (Å²) in [4.78, 5) is 25.3. The molecule has 1 fully saturated rings. The topological polar surface area (TPSA) is 186 Å². The lowest BCUT2D eigenvalue weighted by Gasteiger charge is -2.40. The number of carbonyl (C=O) groups is 2. The minimum absolute atomic E-state index is 0.140. The molecule has 4 N–H and O–H groups in total. The molecule has 6 atom stereocenters. The molecule has 12 nitrogen and oxygen atoms in total. The molecule has 334 valence electrons. The monoisotopic (exact) mass is 841 g/mol. The minimum Gasteiger partial charge on any atom is -0.462 e. The van der Waals surface area contributed by atoms with Crippen LogP contribution in [0.1, 0.15) is 155 Å². The average molecular weight is 841 g/mol. The Kier molecular flexibility index (Phi) is 32.3. The van der Waals surface area contributed by atoms with Gasteiger partial charge in [0, 0.05) is 12.8 Å². The first-order chi connectivity index (χ1) is 28.0. The Morgan fingerprint density at radius 2 is 1.09 bits per heavy atom. The number of aliphatic hydroxyl groups excluding tert-OH is 3. The molecule has 13 heteroatoms. The number of hydrogen-bond acceptors (Lipinski definition) is 11. The van der Waals surface area contributed by atoms with E-state index in [4.69, 9.17) is 18.9 Å². The molecule has 1 heterocycles. The smallest absolute Gasteiger partial charge is 0.306 e. The summed E-state index contributed by atoms with van der Waals surface area (Å²) in [6, 6.07) is 0. The number of ether oxygens (including phenoxy) is 4. The van der Waals surface area contributed by atoms with Crippen molar-refractivity contribution < 1.29 is 56.8 Å². The highest BCUT2D eigenvalue weighted by molar-refractivity contribution is 7.85. The number of rotatable bonds is 35. The third kappa shape index (κ3) is 29.5. The van der Waals surface area contributed by atoms with Crippen molar-refractivity contribution in [2.45, 2.75) is 192 Å². The van der Waals surface area contributed by atoms with Gasteiger partial charge in [-0.3, -0.25) is 14.1 Å². The molecule has 0 spiro atoms. The lowest BCUT2D eigenvalue weighted by Crippen LogP contribution is -2.60. The van der Waals surface area contributed by atoms with E-state index in [-0.39, 0.29) is 19.4 Å². The van der Waals surface area contributed by atoms with Gasteiger partial charge in [0.15, 0.2) is 12.4 Å². The summed E-state index contributed by atoms with van der Waals surface area (Å²) in [6.45, 7) is 3.58. The summed E-state index contributed by atoms with van der Waals surface area (Å²) in [5.41, 5.74) is 0. The second kappa shape index (κ2) is 35.1. The second-order valence-corrected chi connectivity index (χ2v) is 16.5. The predicted molar refractivity (Wildman–Crippen MR) is 229 cm³/mol. The van der Waals surface area contributed by atoms with Crippen LogP contribution in [0.5, 0.6) is 0 Å². The highest BCUT2D eigenvalue weighted by Gasteiger charge is 2.46. The van der Waals surface area contributed by atoms with Gasteiger partial charge in [-0.05, 0) is 51.4 Å². The fourth-order valence-corrected chi connectivity index (χ4v) is 6.93. The molecule has 1 aliphatic rings. The van der Waals surface area contributed by atoms with Gasteiger partial charge in [-0.1, -0.05) is 152 Å². The van der Waals surface area contributed by atoms with Gasteiger partial charge >= 0.3 is 11.9 Å². The molecule has 1 rings (SSSR count). The summed E-state index contributed by atoms with van der Waals surface area (Å²) in [5.74, 6) is -2.06. The maximum atomic E-state index is 12.8.